The summed E-state index contributed by atoms with van der Waals surface area (Å²) in [6.45, 7) is 5.39. The number of hydrogen-bond donors (Lipinski definition) is 1. The van der Waals surface area contributed by atoms with Crippen molar-refractivity contribution in [3.63, 3.8) is 0 Å². The molecule has 0 saturated heterocycles. The van der Waals surface area contributed by atoms with Gasteiger partial charge in [-0.05, 0) is 58.1 Å². The Labute approximate surface area is 104 Å². The second kappa shape index (κ2) is 5.69. The van der Waals surface area contributed by atoms with Crippen molar-refractivity contribution in [3.8, 4) is 0 Å². The first-order valence-electron chi connectivity index (χ1n) is 6.62. The molecule has 0 aromatic carbocycles. The van der Waals surface area contributed by atoms with Crippen LogP contribution in [0.1, 0.15) is 37.2 Å². The number of rotatable bonds is 7. The highest BCUT2D eigenvalue weighted by Crippen LogP contribution is 2.47. The fourth-order valence-electron chi connectivity index (χ4n) is 2.27. The van der Waals surface area contributed by atoms with Gasteiger partial charge >= 0.3 is 0 Å². The van der Waals surface area contributed by atoms with E-state index in [1.165, 1.54) is 18.6 Å². The van der Waals surface area contributed by atoms with E-state index in [2.05, 4.69) is 36.3 Å². The molecule has 0 spiro atoms. The van der Waals surface area contributed by atoms with Crippen LogP contribution in [0.25, 0.3) is 0 Å². The molecule has 17 heavy (non-hydrogen) atoms. The first-order chi connectivity index (χ1) is 8.20. The normalized spacial score (nSPS) is 23.3. The first kappa shape index (κ1) is 12.7. The van der Waals surface area contributed by atoms with E-state index < -0.39 is 0 Å². The van der Waals surface area contributed by atoms with E-state index in [9.17, 15) is 0 Å². The van der Waals surface area contributed by atoms with Gasteiger partial charge < -0.3 is 9.73 Å². The lowest BCUT2D eigenvalue weighted by Crippen LogP contribution is -2.22. The van der Waals surface area contributed by atoms with Crippen LogP contribution in [0.4, 0.5) is 0 Å². The van der Waals surface area contributed by atoms with Gasteiger partial charge in [0.05, 0.1) is 6.54 Å². The van der Waals surface area contributed by atoms with Crippen LogP contribution in [0.2, 0.25) is 0 Å². The van der Waals surface area contributed by atoms with Gasteiger partial charge in [0.1, 0.15) is 11.5 Å². The SMILES string of the molecule is CNCCCN(C)Cc1ccc(C2CC2C)o1. The van der Waals surface area contributed by atoms with E-state index in [0.29, 0.717) is 5.92 Å². The molecule has 3 nitrogen and oxygen atoms in total. The van der Waals surface area contributed by atoms with E-state index in [0.717, 1.165) is 31.3 Å². The maximum Gasteiger partial charge on any atom is 0.118 e. The standard InChI is InChI=1S/C14H24N2O/c1-11-9-13(11)14-6-5-12(17-14)10-16(3)8-4-7-15-2/h5-6,11,13,15H,4,7-10H2,1-3H3. The van der Waals surface area contributed by atoms with Gasteiger partial charge in [0, 0.05) is 5.92 Å². The predicted octanol–water partition coefficient (Wildman–Crippen LogP) is 2.44. The summed E-state index contributed by atoms with van der Waals surface area (Å²) in [5.74, 6) is 3.81. The monoisotopic (exact) mass is 236 g/mol. The Balaban J connectivity index is 1.76. The van der Waals surface area contributed by atoms with E-state index in [1.807, 2.05) is 7.05 Å². The molecule has 0 radical (unpaired) electrons. The second-order valence-corrected chi connectivity index (χ2v) is 5.32. The molecule has 2 atom stereocenters. The molecule has 1 fully saturated rings. The topological polar surface area (TPSA) is 28.4 Å². The summed E-state index contributed by atoms with van der Waals surface area (Å²) in [6.07, 6.45) is 2.48. The van der Waals surface area contributed by atoms with E-state index in [1.54, 1.807) is 0 Å². The smallest absolute Gasteiger partial charge is 0.118 e. The third-order valence-corrected chi connectivity index (χ3v) is 3.55. The van der Waals surface area contributed by atoms with Gasteiger partial charge in [-0.15, -0.1) is 0 Å². The molecule has 0 bridgehead atoms. The largest absolute Gasteiger partial charge is 0.464 e. The summed E-state index contributed by atoms with van der Waals surface area (Å²) in [5.41, 5.74) is 0. The highest BCUT2D eigenvalue weighted by Gasteiger charge is 2.36. The fraction of sp³-hybridized carbons (Fsp3) is 0.714. The summed E-state index contributed by atoms with van der Waals surface area (Å²) in [5, 5.41) is 3.17. The lowest BCUT2D eigenvalue weighted by molar-refractivity contribution is 0.286. The highest BCUT2D eigenvalue weighted by molar-refractivity contribution is 5.17. The van der Waals surface area contributed by atoms with Crippen molar-refractivity contribution < 1.29 is 4.42 Å². The third kappa shape index (κ3) is 3.58. The van der Waals surface area contributed by atoms with Crippen LogP contribution < -0.4 is 5.32 Å². The van der Waals surface area contributed by atoms with Gasteiger partial charge in [-0.3, -0.25) is 4.90 Å². The lowest BCUT2D eigenvalue weighted by Gasteiger charge is -2.14. The van der Waals surface area contributed by atoms with Crippen molar-refractivity contribution in [2.24, 2.45) is 5.92 Å². The number of hydrogen-bond acceptors (Lipinski definition) is 3. The van der Waals surface area contributed by atoms with Gasteiger partial charge in [-0.25, -0.2) is 0 Å². The molecule has 3 heteroatoms. The molecule has 2 rings (SSSR count). The molecule has 96 valence electrons. The maximum atomic E-state index is 5.90. The lowest BCUT2D eigenvalue weighted by atomic mass is 10.3. The molecule has 2 unspecified atom stereocenters. The average molecular weight is 236 g/mol. The van der Waals surface area contributed by atoms with Gasteiger partial charge in [-0.1, -0.05) is 6.92 Å². The van der Waals surface area contributed by atoms with Crippen molar-refractivity contribution in [3.05, 3.63) is 23.7 Å². The zero-order valence-corrected chi connectivity index (χ0v) is 11.2. The average Bonchev–Trinajstić information content (AvgIpc) is 2.85. The van der Waals surface area contributed by atoms with Gasteiger partial charge in [0.15, 0.2) is 0 Å². The van der Waals surface area contributed by atoms with Crippen LogP contribution in [-0.4, -0.2) is 32.1 Å². The number of furan rings is 1. The Morgan fingerprint density at radius 2 is 2.24 bits per heavy atom. The summed E-state index contributed by atoms with van der Waals surface area (Å²) in [6, 6.07) is 4.29. The van der Waals surface area contributed by atoms with Gasteiger partial charge in [0.2, 0.25) is 0 Å². The molecular formula is C14H24N2O. The van der Waals surface area contributed by atoms with E-state index in [-0.39, 0.29) is 0 Å². The molecule has 1 aliphatic rings. The Hall–Kier alpha value is -0.800. The van der Waals surface area contributed by atoms with Gasteiger partial charge in [-0.2, -0.15) is 0 Å². The summed E-state index contributed by atoms with van der Waals surface area (Å²) >= 11 is 0. The van der Waals surface area contributed by atoms with Crippen molar-refractivity contribution in [2.45, 2.75) is 32.2 Å². The molecular weight excluding hydrogens is 212 g/mol. The Bertz CT molecular complexity index is 348. The molecule has 1 saturated carbocycles. The van der Waals surface area contributed by atoms with Crippen LogP contribution >= 0.6 is 0 Å². The number of nitrogens with zero attached hydrogens (tertiary/aromatic N) is 1. The van der Waals surface area contributed by atoms with Crippen molar-refractivity contribution in [1.82, 2.24) is 10.2 Å². The van der Waals surface area contributed by atoms with Crippen LogP contribution in [-0.2, 0) is 6.54 Å². The molecule has 0 amide bonds. The molecule has 1 aromatic rings. The summed E-state index contributed by atoms with van der Waals surface area (Å²) < 4.78 is 5.90. The number of nitrogens with one attached hydrogen (secondary N) is 1. The van der Waals surface area contributed by atoms with Crippen LogP contribution in [0.15, 0.2) is 16.5 Å². The zero-order chi connectivity index (χ0) is 12.3. The van der Waals surface area contributed by atoms with Crippen LogP contribution in [0.3, 0.4) is 0 Å². The molecule has 1 heterocycles. The minimum atomic E-state index is 0.693. The van der Waals surface area contributed by atoms with Crippen LogP contribution in [0, 0.1) is 5.92 Å². The second-order valence-electron chi connectivity index (χ2n) is 5.32. The fourth-order valence-corrected chi connectivity index (χ4v) is 2.27. The quantitative estimate of drug-likeness (QED) is 0.737. The molecule has 0 aliphatic heterocycles. The van der Waals surface area contributed by atoms with Crippen molar-refractivity contribution in [1.29, 1.82) is 0 Å². The van der Waals surface area contributed by atoms with Crippen LogP contribution in [0.5, 0.6) is 0 Å². The first-order valence-corrected chi connectivity index (χ1v) is 6.62. The summed E-state index contributed by atoms with van der Waals surface area (Å²) in [4.78, 5) is 2.32. The summed E-state index contributed by atoms with van der Waals surface area (Å²) in [7, 11) is 4.15. The van der Waals surface area contributed by atoms with Gasteiger partial charge in [0.25, 0.3) is 0 Å². The molecule has 1 aliphatic carbocycles. The Kier molecular flexibility index (Phi) is 4.24. The highest BCUT2D eigenvalue weighted by atomic mass is 16.3. The third-order valence-electron chi connectivity index (χ3n) is 3.55. The zero-order valence-electron chi connectivity index (χ0n) is 11.2. The Morgan fingerprint density at radius 1 is 1.47 bits per heavy atom. The molecule has 1 N–H and O–H groups in total. The van der Waals surface area contributed by atoms with Crippen molar-refractivity contribution >= 4 is 0 Å². The van der Waals surface area contributed by atoms with Crippen molar-refractivity contribution in [2.75, 3.05) is 27.2 Å². The maximum absolute atomic E-state index is 5.90. The minimum Gasteiger partial charge on any atom is -0.464 e. The minimum absolute atomic E-state index is 0.693. The van der Waals surface area contributed by atoms with E-state index >= 15 is 0 Å². The molecule has 1 aromatic heterocycles. The van der Waals surface area contributed by atoms with E-state index in [4.69, 9.17) is 4.42 Å². The Morgan fingerprint density at radius 3 is 2.88 bits per heavy atom. The predicted molar refractivity (Wildman–Crippen MR) is 70.1 cm³/mol.